The summed E-state index contributed by atoms with van der Waals surface area (Å²) in [5.74, 6) is 1.16. The van der Waals surface area contributed by atoms with E-state index in [1.165, 1.54) is 105 Å². The predicted molar refractivity (Wildman–Crippen MR) is 129 cm³/mol. The van der Waals surface area contributed by atoms with E-state index in [9.17, 15) is 4.79 Å². The van der Waals surface area contributed by atoms with Crippen molar-refractivity contribution in [1.29, 1.82) is 0 Å². The second kappa shape index (κ2) is 8.85. The summed E-state index contributed by atoms with van der Waals surface area (Å²) in [6.07, 6.45) is 15.7. The normalized spacial score (nSPS) is 25.0. The van der Waals surface area contributed by atoms with Crippen LogP contribution >= 0.6 is 0 Å². The molecule has 172 valence electrons. The molecule has 1 atom stereocenters. The van der Waals surface area contributed by atoms with Crippen molar-refractivity contribution in [3.8, 4) is 0 Å². The first kappa shape index (κ1) is 20.8. The lowest BCUT2D eigenvalue weighted by Gasteiger charge is -2.40. The van der Waals surface area contributed by atoms with Crippen LogP contribution in [0.2, 0.25) is 0 Å². The zero-order valence-electron chi connectivity index (χ0n) is 19.7. The lowest BCUT2D eigenvalue weighted by atomic mass is 9.83. The molecule has 32 heavy (non-hydrogen) atoms. The van der Waals surface area contributed by atoms with Gasteiger partial charge >= 0.3 is 0 Å². The number of fused-ring (bicyclic) bond motifs is 3. The van der Waals surface area contributed by atoms with Crippen LogP contribution in [0, 0.1) is 0 Å². The minimum absolute atomic E-state index is 0.303. The topological polar surface area (TPSA) is 29.7 Å². The van der Waals surface area contributed by atoms with Gasteiger partial charge in [-0.1, -0.05) is 25.3 Å². The fourth-order valence-corrected chi connectivity index (χ4v) is 7.33. The fourth-order valence-electron chi connectivity index (χ4n) is 7.33. The van der Waals surface area contributed by atoms with Crippen LogP contribution in [0.5, 0.6) is 0 Å². The van der Waals surface area contributed by atoms with Gasteiger partial charge in [0.2, 0.25) is 0 Å². The zero-order chi connectivity index (χ0) is 21.5. The molecule has 4 heteroatoms. The van der Waals surface area contributed by atoms with E-state index in [-0.39, 0.29) is 0 Å². The van der Waals surface area contributed by atoms with Gasteiger partial charge in [-0.3, -0.25) is 4.79 Å². The summed E-state index contributed by atoms with van der Waals surface area (Å²) in [7, 11) is 0. The SMILES string of the molecule is O=C(C[NH+]1CCCCCC1)N1CCn2c3c(c4cc(C5CCCCC5)ccc42)CCC[C@@H]31. The molecule has 2 fully saturated rings. The molecule has 1 saturated heterocycles. The molecule has 6 rings (SSSR count). The molecule has 2 aliphatic heterocycles. The van der Waals surface area contributed by atoms with Crippen LogP contribution in [-0.2, 0) is 17.8 Å². The second-order valence-electron chi connectivity index (χ2n) is 11.0. The van der Waals surface area contributed by atoms with Gasteiger partial charge in [-0.05, 0) is 87.0 Å². The summed E-state index contributed by atoms with van der Waals surface area (Å²) in [6.45, 7) is 4.92. The van der Waals surface area contributed by atoms with Crippen LogP contribution in [0.15, 0.2) is 18.2 Å². The number of benzene rings is 1. The first-order valence-electron chi connectivity index (χ1n) is 13.6. The minimum atomic E-state index is 0.303. The lowest BCUT2D eigenvalue weighted by Crippen LogP contribution is -3.13. The van der Waals surface area contributed by atoms with Crippen LogP contribution in [0.25, 0.3) is 10.9 Å². The number of aromatic nitrogens is 1. The highest BCUT2D eigenvalue weighted by Crippen LogP contribution is 2.44. The minimum Gasteiger partial charge on any atom is -0.341 e. The molecule has 1 N–H and O–H groups in total. The monoisotopic (exact) mass is 434 g/mol. The highest BCUT2D eigenvalue weighted by Gasteiger charge is 2.38. The number of aryl methyl sites for hydroxylation is 1. The number of carbonyl (C=O) groups excluding carboxylic acids is 1. The van der Waals surface area contributed by atoms with Crippen molar-refractivity contribution >= 4 is 16.8 Å². The van der Waals surface area contributed by atoms with Crippen molar-refractivity contribution in [3.63, 3.8) is 0 Å². The van der Waals surface area contributed by atoms with Crippen LogP contribution in [0.3, 0.4) is 0 Å². The Morgan fingerprint density at radius 3 is 2.50 bits per heavy atom. The van der Waals surface area contributed by atoms with Gasteiger partial charge < -0.3 is 14.4 Å². The van der Waals surface area contributed by atoms with Crippen molar-refractivity contribution in [2.24, 2.45) is 0 Å². The molecule has 0 unspecified atom stereocenters. The molecule has 0 spiro atoms. The van der Waals surface area contributed by atoms with E-state index in [0.29, 0.717) is 18.5 Å². The Morgan fingerprint density at radius 1 is 0.906 bits per heavy atom. The van der Waals surface area contributed by atoms with E-state index < -0.39 is 0 Å². The Balaban J connectivity index is 1.29. The Morgan fingerprint density at radius 2 is 1.69 bits per heavy atom. The van der Waals surface area contributed by atoms with Gasteiger partial charge in [0, 0.05) is 29.7 Å². The Labute approximate surface area is 192 Å². The van der Waals surface area contributed by atoms with Crippen molar-refractivity contribution in [2.75, 3.05) is 26.2 Å². The van der Waals surface area contributed by atoms with Gasteiger partial charge in [0.25, 0.3) is 5.91 Å². The standard InChI is InChI=1S/C28H39N3O/c32-27(20-29-15-6-1-2-7-16-29)30-17-18-31-25-14-13-22(21-9-4-3-5-10-21)19-24(25)23-11-8-12-26(30)28(23)31/h13-14,19,21,26H,1-12,15-18,20H2/p+1/t26-/m0/s1. The number of hydrogen-bond acceptors (Lipinski definition) is 1. The molecule has 0 bridgehead atoms. The maximum atomic E-state index is 13.5. The molecule has 2 aromatic rings. The smallest absolute Gasteiger partial charge is 0.278 e. The third-order valence-corrected chi connectivity index (χ3v) is 9.01. The van der Waals surface area contributed by atoms with E-state index in [4.69, 9.17) is 0 Å². The maximum Gasteiger partial charge on any atom is 0.278 e. The molecule has 1 amide bonds. The number of hydrogen-bond donors (Lipinski definition) is 1. The van der Waals surface area contributed by atoms with Crippen LogP contribution < -0.4 is 4.90 Å². The quantitative estimate of drug-likeness (QED) is 0.764. The maximum absolute atomic E-state index is 13.5. The summed E-state index contributed by atoms with van der Waals surface area (Å²) in [4.78, 5) is 17.3. The molecular formula is C28H40N3O+. The van der Waals surface area contributed by atoms with Crippen molar-refractivity contribution < 1.29 is 9.69 Å². The molecule has 1 aromatic carbocycles. The average Bonchev–Trinajstić information content (AvgIpc) is 2.97. The van der Waals surface area contributed by atoms with Crippen molar-refractivity contribution in [3.05, 3.63) is 35.0 Å². The highest BCUT2D eigenvalue weighted by molar-refractivity contribution is 5.88. The second-order valence-corrected chi connectivity index (χ2v) is 11.0. The van der Waals surface area contributed by atoms with Crippen LogP contribution in [0.4, 0.5) is 0 Å². The van der Waals surface area contributed by atoms with Gasteiger partial charge in [0.05, 0.1) is 19.1 Å². The third kappa shape index (κ3) is 3.69. The van der Waals surface area contributed by atoms with Crippen LogP contribution in [0.1, 0.15) is 99.4 Å². The Bertz CT molecular complexity index is 978. The molecule has 1 aromatic heterocycles. The largest absolute Gasteiger partial charge is 0.341 e. The number of amides is 1. The number of likely N-dealkylation sites (tertiary alicyclic amines) is 1. The third-order valence-electron chi connectivity index (χ3n) is 9.01. The first-order valence-corrected chi connectivity index (χ1v) is 13.6. The molecule has 0 radical (unpaired) electrons. The van der Waals surface area contributed by atoms with E-state index in [1.54, 1.807) is 11.1 Å². The number of carbonyl (C=O) groups is 1. The molecule has 4 nitrogen and oxygen atoms in total. The van der Waals surface area contributed by atoms with Crippen molar-refractivity contribution in [2.45, 2.75) is 95.6 Å². The van der Waals surface area contributed by atoms with Crippen LogP contribution in [-0.4, -0.2) is 41.6 Å². The van der Waals surface area contributed by atoms with Gasteiger partial charge in [-0.15, -0.1) is 0 Å². The lowest BCUT2D eigenvalue weighted by molar-refractivity contribution is -0.891. The number of nitrogens with one attached hydrogen (secondary N) is 1. The summed E-state index contributed by atoms with van der Waals surface area (Å²) >= 11 is 0. The van der Waals surface area contributed by atoms with Gasteiger partial charge in [-0.25, -0.2) is 0 Å². The van der Waals surface area contributed by atoms with E-state index in [0.717, 1.165) is 25.4 Å². The number of nitrogens with zero attached hydrogens (tertiary/aromatic N) is 2. The van der Waals surface area contributed by atoms with Gasteiger partial charge in [-0.2, -0.15) is 0 Å². The Kier molecular flexibility index (Phi) is 5.75. The number of quaternary nitrogens is 1. The average molecular weight is 435 g/mol. The molecule has 2 aliphatic carbocycles. The summed E-state index contributed by atoms with van der Waals surface area (Å²) in [5, 5.41) is 1.50. The zero-order valence-corrected chi connectivity index (χ0v) is 19.7. The Hall–Kier alpha value is -1.81. The summed E-state index contributed by atoms with van der Waals surface area (Å²) in [5.41, 5.74) is 6.04. The highest BCUT2D eigenvalue weighted by atomic mass is 16.2. The predicted octanol–water partition coefficient (Wildman–Crippen LogP) is 4.37. The first-order chi connectivity index (χ1) is 15.8. The van der Waals surface area contributed by atoms with E-state index in [2.05, 4.69) is 27.7 Å². The molecule has 3 heterocycles. The molecular weight excluding hydrogens is 394 g/mol. The fraction of sp³-hybridized carbons (Fsp3) is 0.679. The molecule has 4 aliphatic rings. The van der Waals surface area contributed by atoms with Gasteiger partial charge in [0.1, 0.15) is 0 Å². The van der Waals surface area contributed by atoms with Crippen molar-refractivity contribution in [1.82, 2.24) is 9.47 Å². The molecule has 1 saturated carbocycles. The van der Waals surface area contributed by atoms with Gasteiger partial charge in [0.15, 0.2) is 6.54 Å². The number of rotatable bonds is 3. The van der Waals surface area contributed by atoms with E-state index in [1.807, 2.05) is 0 Å². The van der Waals surface area contributed by atoms with E-state index >= 15 is 0 Å². The summed E-state index contributed by atoms with van der Waals surface area (Å²) < 4.78 is 2.59. The summed E-state index contributed by atoms with van der Waals surface area (Å²) in [6, 6.07) is 7.68.